The second kappa shape index (κ2) is 17.6. The third-order valence-corrected chi connectivity index (χ3v) is 6.25. The van der Waals surface area contributed by atoms with Crippen molar-refractivity contribution in [3.63, 3.8) is 0 Å². The van der Waals surface area contributed by atoms with E-state index < -0.39 is 73.6 Å². The SMILES string of the molecule is C#CCOCCOCCO[C@]1(C(=O)O)C[C@H](O)[C@@H](NC(=O)CO)[C@H]([C@H](O)[C@H](O)CNC(=O)Cc2ccc(OC)cc2)O1. The van der Waals surface area contributed by atoms with E-state index in [-0.39, 0.29) is 39.5 Å². The van der Waals surface area contributed by atoms with Crippen LogP contribution in [0, 0.1) is 12.3 Å². The van der Waals surface area contributed by atoms with E-state index in [1.807, 2.05) is 0 Å². The molecule has 15 nitrogen and oxygen atoms in total. The number of aliphatic hydroxyl groups is 4. The highest BCUT2D eigenvalue weighted by atomic mass is 16.7. The largest absolute Gasteiger partial charge is 0.497 e. The summed E-state index contributed by atoms with van der Waals surface area (Å²) in [5.74, 6) is -2.69. The number of carbonyl (C=O) groups excluding carboxylic acids is 2. The van der Waals surface area contributed by atoms with Crippen molar-refractivity contribution in [1.29, 1.82) is 0 Å². The van der Waals surface area contributed by atoms with Crippen LogP contribution < -0.4 is 15.4 Å². The van der Waals surface area contributed by atoms with Gasteiger partial charge in [0.1, 0.15) is 31.2 Å². The van der Waals surface area contributed by atoms with Crippen LogP contribution in [0.15, 0.2) is 24.3 Å². The van der Waals surface area contributed by atoms with Crippen molar-refractivity contribution in [1.82, 2.24) is 10.6 Å². The summed E-state index contributed by atoms with van der Waals surface area (Å²) in [6.45, 7) is -1.42. The van der Waals surface area contributed by atoms with Crippen molar-refractivity contribution >= 4 is 17.8 Å². The van der Waals surface area contributed by atoms with Crippen LogP contribution in [0.2, 0.25) is 0 Å². The maximum atomic E-state index is 12.4. The number of amides is 2. The van der Waals surface area contributed by atoms with Gasteiger partial charge in [0.25, 0.3) is 5.79 Å². The Morgan fingerprint density at radius 2 is 1.79 bits per heavy atom. The predicted molar refractivity (Wildman–Crippen MR) is 143 cm³/mol. The van der Waals surface area contributed by atoms with Gasteiger partial charge in [-0.3, -0.25) is 9.59 Å². The highest BCUT2D eigenvalue weighted by Gasteiger charge is 2.55. The Balaban J connectivity index is 2.07. The normalized spacial score (nSPS) is 23.3. The third kappa shape index (κ3) is 10.5. The number of carboxylic acids is 1. The molecule has 0 aliphatic carbocycles. The zero-order valence-corrected chi connectivity index (χ0v) is 23.1. The van der Waals surface area contributed by atoms with Crippen molar-refractivity contribution in [3.8, 4) is 18.1 Å². The molecule has 1 aliphatic rings. The van der Waals surface area contributed by atoms with Gasteiger partial charge >= 0.3 is 5.97 Å². The van der Waals surface area contributed by atoms with E-state index in [0.717, 1.165) is 0 Å². The average molecular weight is 599 g/mol. The van der Waals surface area contributed by atoms with E-state index in [1.54, 1.807) is 24.3 Å². The Bertz CT molecular complexity index is 1050. The van der Waals surface area contributed by atoms with Crippen LogP contribution in [-0.2, 0) is 39.8 Å². The fraction of sp³-hybridized carbons (Fsp3) is 0.593. The Labute approximate surface area is 242 Å². The highest BCUT2D eigenvalue weighted by molar-refractivity contribution is 5.79. The lowest BCUT2D eigenvalue weighted by molar-refractivity contribution is -0.312. The second-order valence-electron chi connectivity index (χ2n) is 9.27. The standard InChI is InChI=1S/C27H38N2O13/c1-3-8-39-9-10-40-11-12-41-27(26(36)37)14-19(31)23(29-22(34)16-30)25(42-27)24(35)20(32)15-28-21(33)13-17-4-6-18(38-2)7-5-17/h1,4-7,19-20,23-25,30-32,35H,8-16H2,2H3,(H,28,33)(H,29,34)(H,36,37)/t19-,20+,23+,24+,25+,27+/m0/s1. The lowest BCUT2D eigenvalue weighted by Crippen LogP contribution is -2.68. The number of aliphatic carboxylic acids is 1. The molecule has 0 bridgehead atoms. The first-order valence-corrected chi connectivity index (χ1v) is 13.0. The summed E-state index contributed by atoms with van der Waals surface area (Å²) < 4.78 is 26.5. The minimum absolute atomic E-state index is 0.0469. The summed E-state index contributed by atoms with van der Waals surface area (Å²) in [5.41, 5.74) is 0.654. The van der Waals surface area contributed by atoms with Crippen LogP contribution in [0.5, 0.6) is 5.75 Å². The first kappa shape index (κ1) is 34.9. The third-order valence-electron chi connectivity index (χ3n) is 6.25. The van der Waals surface area contributed by atoms with Gasteiger partial charge < -0.3 is 59.9 Å². The number of nitrogens with one attached hydrogen (secondary N) is 2. The van der Waals surface area contributed by atoms with Gasteiger partial charge in [-0.25, -0.2) is 4.79 Å². The molecule has 1 aliphatic heterocycles. The number of carboxylic acid groups (broad SMARTS) is 1. The van der Waals surface area contributed by atoms with Gasteiger partial charge in [0.2, 0.25) is 11.8 Å². The molecule has 1 saturated heterocycles. The summed E-state index contributed by atoms with van der Waals surface area (Å²) in [5, 5.41) is 56.2. The molecule has 1 aromatic carbocycles. The molecule has 234 valence electrons. The second-order valence-corrected chi connectivity index (χ2v) is 9.27. The Kier molecular flexibility index (Phi) is 14.6. The summed E-state index contributed by atoms with van der Waals surface area (Å²) >= 11 is 0. The minimum Gasteiger partial charge on any atom is -0.497 e. The smallest absolute Gasteiger partial charge is 0.364 e. The number of aliphatic hydroxyl groups excluding tert-OH is 4. The Hall–Kier alpha value is -3.33. The van der Waals surface area contributed by atoms with E-state index in [1.165, 1.54) is 7.11 Å². The molecule has 0 radical (unpaired) electrons. The highest BCUT2D eigenvalue weighted by Crippen LogP contribution is 2.33. The quantitative estimate of drug-likeness (QED) is 0.0669. The summed E-state index contributed by atoms with van der Waals surface area (Å²) in [6, 6.07) is 5.25. The molecule has 0 spiro atoms. The van der Waals surface area contributed by atoms with Gasteiger partial charge in [-0.05, 0) is 17.7 Å². The van der Waals surface area contributed by atoms with E-state index in [9.17, 15) is 34.8 Å². The number of hydrogen-bond acceptors (Lipinski definition) is 12. The zero-order valence-electron chi connectivity index (χ0n) is 23.1. The van der Waals surface area contributed by atoms with Crippen molar-refractivity contribution in [2.24, 2.45) is 0 Å². The fourth-order valence-corrected chi connectivity index (χ4v) is 4.11. The zero-order chi connectivity index (χ0) is 31.1. The van der Waals surface area contributed by atoms with Crippen LogP contribution in [-0.4, -0.2) is 133 Å². The van der Waals surface area contributed by atoms with Crippen molar-refractivity contribution in [3.05, 3.63) is 29.8 Å². The number of methoxy groups -OCH3 is 1. The van der Waals surface area contributed by atoms with E-state index in [2.05, 4.69) is 16.6 Å². The summed E-state index contributed by atoms with van der Waals surface area (Å²) in [6.07, 6.45) is -2.71. The molecule has 0 unspecified atom stereocenters. The van der Waals surface area contributed by atoms with Gasteiger partial charge in [-0.1, -0.05) is 18.1 Å². The molecule has 0 saturated carbocycles. The Morgan fingerprint density at radius 3 is 2.40 bits per heavy atom. The number of ether oxygens (including phenoxy) is 5. The topological polar surface area (TPSA) is 223 Å². The number of terminal acetylenes is 1. The molecule has 1 aromatic rings. The molecule has 1 fully saturated rings. The van der Waals surface area contributed by atoms with Crippen LogP contribution in [0.4, 0.5) is 0 Å². The van der Waals surface area contributed by atoms with E-state index >= 15 is 0 Å². The molecule has 15 heteroatoms. The van der Waals surface area contributed by atoms with Gasteiger partial charge in [-0.15, -0.1) is 6.42 Å². The summed E-state index contributed by atoms with van der Waals surface area (Å²) in [7, 11) is 1.51. The van der Waals surface area contributed by atoms with Crippen LogP contribution in [0.1, 0.15) is 12.0 Å². The van der Waals surface area contributed by atoms with Crippen LogP contribution >= 0.6 is 0 Å². The monoisotopic (exact) mass is 598 g/mol. The fourth-order valence-electron chi connectivity index (χ4n) is 4.11. The van der Waals surface area contributed by atoms with E-state index in [0.29, 0.717) is 11.3 Å². The maximum Gasteiger partial charge on any atom is 0.364 e. The number of hydrogen-bond donors (Lipinski definition) is 7. The molecule has 1 heterocycles. The molecule has 0 aromatic heterocycles. The molecular weight excluding hydrogens is 560 g/mol. The van der Waals surface area contributed by atoms with Crippen molar-refractivity contribution in [2.75, 3.05) is 53.3 Å². The average Bonchev–Trinajstić information content (AvgIpc) is 2.98. The van der Waals surface area contributed by atoms with Crippen LogP contribution in [0.3, 0.4) is 0 Å². The van der Waals surface area contributed by atoms with Gasteiger partial charge in [0.15, 0.2) is 0 Å². The molecular formula is C27H38N2O13. The minimum atomic E-state index is -2.49. The van der Waals surface area contributed by atoms with E-state index in [4.69, 9.17) is 35.2 Å². The van der Waals surface area contributed by atoms with Crippen molar-refractivity contribution < 1.29 is 63.6 Å². The first-order valence-electron chi connectivity index (χ1n) is 13.0. The molecule has 7 N–H and O–H groups in total. The van der Waals surface area contributed by atoms with Crippen LogP contribution in [0.25, 0.3) is 0 Å². The first-order chi connectivity index (χ1) is 20.1. The molecule has 2 amide bonds. The number of rotatable bonds is 18. The number of benzene rings is 1. The number of carbonyl (C=O) groups is 3. The van der Waals surface area contributed by atoms with Gasteiger partial charge in [0.05, 0.1) is 58.2 Å². The Morgan fingerprint density at radius 1 is 1.12 bits per heavy atom. The van der Waals surface area contributed by atoms with Crippen molar-refractivity contribution in [2.45, 2.75) is 49.1 Å². The predicted octanol–water partition coefficient (Wildman–Crippen LogP) is -2.83. The molecule has 42 heavy (non-hydrogen) atoms. The molecule has 2 rings (SSSR count). The van der Waals surface area contributed by atoms with Gasteiger partial charge in [0, 0.05) is 13.0 Å². The lowest BCUT2D eigenvalue weighted by atomic mass is 9.88. The summed E-state index contributed by atoms with van der Waals surface area (Å²) in [4.78, 5) is 36.5. The maximum absolute atomic E-state index is 12.4. The lowest BCUT2D eigenvalue weighted by Gasteiger charge is -2.46. The van der Waals surface area contributed by atoms with Gasteiger partial charge in [-0.2, -0.15) is 0 Å². The molecule has 6 atom stereocenters.